The van der Waals surface area contributed by atoms with Gasteiger partial charge in [0, 0.05) is 24.3 Å². The van der Waals surface area contributed by atoms with Crippen LogP contribution in [0.5, 0.6) is 0 Å². The molecule has 0 bridgehead atoms. The molecule has 20 heavy (non-hydrogen) atoms. The Hall–Kier alpha value is -0.960. The van der Waals surface area contributed by atoms with Crippen LogP contribution in [0.15, 0.2) is 29.2 Å². The molecule has 0 aliphatic heterocycles. The van der Waals surface area contributed by atoms with Gasteiger partial charge in [0.2, 0.25) is 0 Å². The maximum atomic E-state index is 11.5. The second kappa shape index (κ2) is 6.66. The number of hydrogen-bond donors (Lipinski definition) is 2. The average molecular weight is 320 g/mol. The normalized spacial score (nSPS) is 14.2. The number of rotatable bonds is 7. The van der Waals surface area contributed by atoms with Gasteiger partial charge in [0.15, 0.2) is 9.84 Å². The molecule has 0 aliphatic carbocycles. The van der Waals surface area contributed by atoms with Crippen molar-refractivity contribution >= 4 is 19.7 Å². The van der Waals surface area contributed by atoms with Crippen LogP contribution in [-0.4, -0.2) is 35.1 Å². The van der Waals surface area contributed by atoms with Gasteiger partial charge in [0.25, 0.3) is 0 Å². The van der Waals surface area contributed by atoms with E-state index in [-0.39, 0.29) is 16.7 Å². The summed E-state index contributed by atoms with van der Waals surface area (Å²) in [6.45, 7) is 0. The Bertz CT molecular complexity index is 654. The van der Waals surface area contributed by atoms with Gasteiger partial charge in [0.05, 0.1) is 4.90 Å². The second-order valence-corrected chi connectivity index (χ2v) is 9.11. The summed E-state index contributed by atoms with van der Waals surface area (Å²) in [6.07, 6.45) is 3.29. The lowest BCUT2D eigenvalue weighted by Gasteiger charge is -2.16. The number of nitrogens with two attached hydrogens (primary N) is 1. The molecule has 0 saturated heterocycles. The Balaban J connectivity index is 2.85. The first-order chi connectivity index (χ1) is 9.13. The first-order valence-corrected chi connectivity index (χ1v) is 10.0. The van der Waals surface area contributed by atoms with Gasteiger partial charge in [-0.3, -0.25) is 11.3 Å². The van der Waals surface area contributed by atoms with E-state index in [0.29, 0.717) is 12.8 Å². The molecule has 114 valence electrons. The van der Waals surface area contributed by atoms with Gasteiger partial charge in [0.1, 0.15) is 9.84 Å². The summed E-state index contributed by atoms with van der Waals surface area (Å²) >= 11 is 0. The van der Waals surface area contributed by atoms with Gasteiger partial charge in [-0.25, -0.2) is 16.8 Å². The summed E-state index contributed by atoms with van der Waals surface area (Å²) in [5.41, 5.74) is 3.32. The van der Waals surface area contributed by atoms with E-state index in [1.165, 1.54) is 12.3 Å². The summed E-state index contributed by atoms with van der Waals surface area (Å²) in [5, 5.41) is 0. The van der Waals surface area contributed by atoms with Crippen LogP contribution in [0, 0.1) is 0 Å². The minimum absolute atomic E-state index is 0.0803. The van der Waals surface area contributed by atoms with E-state index in [1.54, 1.807) is 18.2 Å². The Labute approximate surface area is 120 Å². The quantitative estimate of drug-likeness (QED) is 0.557. The van der Waals surface area contributed by atoms with Crippen LogP contribution in [0.25, 0.3) is 0 Å². The van der Waals surface area contributed by atoms with E-state index >= 15 is 0 Å². The lowest BCUT2D eigenvalue weighted by molar-refractivity contribution is 0.506. The van der Waals surface area contributed by atoms with Crippen LogP contribution in [0.3, 0.4) is 0 Å². The highest BCUT2D eigenvalue weighted by molar-refractivity contribution is 7.91. The van der Waals surface area contributed by atoms with Crippen molar-refractivity contribution in [3.63, 3.8) is 0 Å². The first-order valence-electron chi connectivity index (χ1n) is 6.07. The van der Waals surface area contributed by atoms with E-state index in [0.717, 1.165) is 11.8 Å². The van der Waals surface area contributed by atoms with E-state index in [2.05, 4.69) is 5.43 Å². The number of nitrogens with one attached hydrogen (secondary N) is 1. The highest BCUT2D eigenvalue weighted by Gasteiger charge is 2.14. The van der Waals surface area contributed by atoms with Crippen LogP contribution >= 0.6 is 0 Å². The fourth-order valence-corrected chi connectivity index (χ4v) is 3.22. The maximum Gasteiger partial charge on any atom is 0.175 e. The van der Waals surface area contributed by atoms with Crippen molar-refractivity contribution < 1.29 is 16.8 Å². The van der Waals surface area contributed by atoms with Gasteiger partial charge in [-0.2, -0.15) is 0 Å². The van der Waals surface area contributed by atoms with Crippen LogP contribution in [-0.2, 0) is 19.7 Å². The molecule has 6 nitrogen and oxygen atoms in total. The van der Waals surface area contributed by atoms with Gasteiger partial charge in [-0.15, -0.1) is 0 Å². The molecule has 8 heteroatoms. The largest absolute Gasteiger partial charge is 0.271 e. The van der Waals surface area contributed by atoms with Crippen molar-refractivity contribution in [1.29, 1.82) is 0 Å². The van der Waals surface area contributed by atoms with E-state index in [4.69, 9.17) is 5.84 Å². The summed E-state index contributed by atoms with van der Waals surface area (Å²) in [6, 6.07) is 6.20. The summed E-state index contributed by atoms with van der Waals surface area (Å²) in [4.78, 5) is 0.221. The van der Waals surface area contributed by atoms with Crippen LogP contribution in [0.4, 0.5) is 0 Å². The standard InChI is InChI=1S/C12H20N2O4S2/c1-19(15,16)8-4-7-12(14-13)10-5-3-6-11(9-10)20(2,17)18/h3,5-6,9,12,14H,4,7-8,13H2,1-2H3. The molecule has 1 atom stereocenters. The smallest absolute Gasteiger partial charge is 0.175 e. The molecule has 3 N–H and O–H groups in total. The summed E-state index contributed by atoms with van der Waals surface area (Å²) < 4.78 is 45.2. The van der Waals surface area contributed by atoms with Crippen molar-refractivity contribution in [2.75, 3.05) is 18.3 Å². The zero-order chi connectivity index (χ0) is 15.4. The predicted octanol–water partition coefficient (Wildman–Crippen LogP) is 0.419. The van der Waals surface area contributed by atoms with Crippen molar-refractivity contribution in [3.05, 3.63) is 29.8 Å². The van der Waals surface area contributed by atoms with Crippen LogP contribution < -0.4 is 11.3 Å². The van der Waals surface area contributed by atoms with E-state index in [1.807, 2.05) is 0 Å². The lowest BCUT2D eigenvalue weighted by Crippen LogP contribution is -2.28. The zero-order valence-electron chi connectivity index (χ0n) is 11.5. The van der Waals surface area contributed by atoms with Gasteiger partial charge >= 0.3 is 0 Å². The topological polar surface area (TPSA) is 106 Å². The minimum atomic E-state index is -3.28. The van der Waals surface area contributed by atoms with E-state index in [9.17, 15) is 16.8 Å². The Morgan fingerprint density at radius 2 is 1.85 bits per heavy atom. The van der Waals surface area contributed by atoms with Crippen molar-refractivity contribution in [2.45, 2.75) is 23.8 Å². The third-order valence-electron chi connectivity index (χ3n) is 2.90. The summed E-state index contributed by atoms with van der Waals surface area (Å²) in [7, 11) is -6.28. The Kier molecular flexibility index (Phi) is 5.69. The molecule has 0 saturated carbocycles. The molecule has 0 fully saturated rings. The molecule has 0 spiro atoms. The molecule has 0 amide bonds. The maximum absolute atomic E-state index is 11.5. The van der Waals surface area contributed by atoms with Gasteiger partial charge < -0.3 is 0 Å². The second-order valence-electron chi connectivity index (χ2n) is 4.84. The highest BCUT2D eigenvalue weighted by atomic mass is 32.2. The van der Waals surface area contributed by atoms with E-state index < -0.39 is 19.7 Å². The van der Waals surface area contributed by atoms with Crippen LogP contribution in [0.2, 0.25) is 0 Å². The number of hydrazine groups is 1. The monoisotopic (exact) mass is 320 g/mol. The molecule has 0 radical (unpaired) electrons. The first kappa shape index (κ1) is 17.1. The lowest BCUT2D eigenvalue weighted by atomic mass is 10.0. The molecule has 0 heterocycles. The number of benzene rings is 1. The number of hydrogen-bond acceptors (Lipinski definition) is 6. The molecule has 1 aromatic carbocycles. The summed E-state index contributed by atoms with van der Waals surface area (Å²) in [5.74, 6) is 5.55. The SMILES string of the molecule is CS(=O)(=O)CCCC(NN)c1cccc(S(C)(=O)=O)c1. The average Bonchev–Trinajstić information content (AvgIpc) is 2.32. The zero-order valence-corrected chi connectivity index (χ0v) is 13.2. The van der Waals surface area contributed by atoms with Crippen LogP contribution in [0.1, 0.15) is 24.4 Å². The third-order valence-corrected chi connectivity index (χ3v) is 5.04. The van der Waals surface area contributed by atoms with Crippen molar-refractivity contribution in [1.82, 2.24) is 5.43 Å². The molecule has 1 unspecified atom stereocenters. The fraction of sp³-hybridized carbons (Fsp3) is 0.500. The van der Waals surface area contributed by atoms with Crippen molar-refractivity contribution in [3.8, 4) is 0 Å². The van der Waals surface area contributed by atoms with Gasteiger partial charge in [-0.1, -0.05) is 12.1 Å². The molecular formula is C12H20N2O4S2. The van der Waals surface area contributed by atoms with Gasteiger partial charge in [-0.05, 0) is 30.5 Å². The molecule has 0 aromatic heterocycles. The highest BCUT2D eigenvalue weighted by Crippen LogP contribution is 2.21. The molecular weight excluding hydrogens is 300 g/mol. The predicted molar refractivity (Wildman–Crippen MR) is 78.6 cm³/mol. The Morgan fingerprint density at radius 1 is 1.20 bits per heavy atom. The molecule has 0 aliphatic rings. The third kappa shape index (κ3) is 5.58. The Morgan fingerprint density at radius 3 is 2.35 bits per heavy atom. The molecule has 1 aromatic rings. The fourth-order valence-electron chi connectivity index (χ4n) is 1.86. The minimum Gasteiger partial charge on any atom is -0.271 e. The van der Waals surface area contributed by atoms with Crippen molar-refractivity contribution in [2.24, 2.45) is 5.84 Å². The molecule has 1 rings (SSSR count). The number of sulfone groups is 2.